The van der Waals surface area contributed by atoms with Gasteiger partial charge in [0.25, 0.3) is 5.95 Å². The van der Waals surface area contributed by atoms with Crippen LogP contribution in [0.2, 0.25) is 0 Å². The highest BCUT2D eigenvalue weighted by atomic mass is 32.2. The van der Waals surface area contributed by atoms with Gasteiger partial charge in [-0.3, -0.25) is 0 Å². The Hall–Kier alpha value is -3.20. The molecule has 2 heterocycles. The van der Waals surface area contributed by atoms with Gasteiger partial charge >= 0.3 is 0 Å². The molecular weight excluding hydrogens is 376 g/mol. The Morgan fingerprint density at radius 3 is 2.89 bits per heavy atom. The van der Waals surface area contributed by atoms with E-state index in [2.05, 4.69) is 39.8 Å². The quantitative estimate of drug-likeness (QED) is 0.286. The highest BCUT2D eigenvalue weighted by molar-refractivity contribution is 7.98. The maximum atomic E-state index is 6.11. The summed E-state index contributed by atoms with van der Waals surface area (Å²) >= 11 is 1.52. The van der Waals surface area contributed by atoms with E-state index in [1.54, 1.807) is 0 Å². The van der Waals surface area contributed by atoms with Crippen LogP contribution in [0.5, 0.6) is 11.5 Å². The topological polar surface area (TPSA) is 99.6 Å². The van der Waals surface area contributed by atoms with Gasteiger partial charge in [0, 0.05) is 11.3 Å². The number of nitrogens with zero attached hydrogens (tertiary/aromatic N) is 4. The summed E-state index contributed by atoms with van der Waals surface area (Å²) in [5.74, 6) is 8.69. The lowest BCUT2D eigenvalue weighted by atomic mass is 10.1. The van der Waals surface area contributed by atoms with Crippen LogP contribution in [0, 0.1) is 6.92 Å². The molecule has 0 spiro atoms. The second-order valence-electron chi connectivity index (χ2n) is 6.27. The van der Waals surface area contributed by atoms with Crippen molar-refractivity contribution in [2.75, 3.05) is 18.1 Å². The average molecular weight is 396 g/mol. The van der Waals surface area contributed by atoms with Crippen molar-refractivity contribution < 1.29 is 9.47 Å². The third kappa shape index (κ3) is 3.74. The molecule has 28 heavy (non-hydrogen) atoms. The van der Waals surface area contributed by atoms with Crippen LogP contribution in [-0.2, 0) is 5.75 Å². The van der Waals surface area contributed by atoms with Crippen molar-refractivity contribution in [2.24, 2.45) is 5.10 Å². The van der Waals surface area contributed by atoms with Crippen molar-refractivity contribution >= 4 is 23.4 Å². The largest absolute Gasteiger partial charge is 0.454 e. The summed E-state index contributed by atoms with van der Waals surface area (Å²) in [6.45, 7) is 4.21. The van der Waals surface area contributed by atoms with Crippen molar-refractivity contribution in [1.82, 2.24) is 14.9 Å². The van der Waals surface area contributed by atoms with Gasteiger partial charge < -0.3 is 15.3 Å². The second kappa shape index (κ2) is 7.81. The molecule has 0 unspecified atom stereocenters. The molecule has 4 rings (SSSR count). The van der Waals surface area contributed by atoms with E-state index in [0.29, 0.717) is 16.9 Å². The minimum absolute atomic E-state index is 0.243. The first kappa shape index (κ1) is 18.2. The van der Waals surface area contributed by atoms with Gasteiger partial charge in [-0.15, -0.1) is 10.2 Å². The minimum Gasteiger partial charge on any atom is -0.454 e. The third-order valence-electron chi connectivity index (χ3n) is 4.40. The number of hydrazone groups is 1. The molecule has 1 aliphatic heterocycles. The van der Waals surface area contributed by atoms with Gasteiger partial charge in [0.05, 0.1) is 5.71 Å². The average Bonchev–Trinajstić information content (AvgIpc) is 3.31. The predicted octanol–water partition coefficient (Wildman–Crippen LogP) is 3.16. The van der Waals surface area contributed by atoms with Crippen molar-refractivity contribution in [3.8, 4) is 11.5 Å². The van der Waals surface area contributed by atoms with Crippen LogP contribution in [0.3, 0.4) is 0 Å². The summed E-state index contributed by atoms with van der Waals surface area (Å²) in [6.07, 6.45) is 0. The number of nitrogens with two attached hydrogens (primary N) is 1. The fourth-order valence-corrected chi connectivity index (χ4v) is 3.62. The molecule has 8 nitrogen and oxygen atoms in total. The Morgan fingerprint density at radius 2 is 2.04 bits per heavy atom. The number of rotatable bonds is 6. The molecule has 144 valence electrons. The van der Waals surface area contributed by atoms with Crippen molar-refractivity contribution in [3.05, 3.63) is 59.2 Å². The van der Waals surface area contributed by atoms with E-state index in [9.17, 15) is 0 Å². The molecular formula is C19H20N6O2S. The number of aromatic nitrogens is 3. The fourth-order valence-electron chi connectivity index (χ4n) is 2.69. The highest BCUT2D eigenvalue weighted by Crippen LogP contribution is 2.32. The number of benzene rings is 2. The van der Waals surface area contributed by atoms with Crippen LogP contribution in [-0.4, -0.2) is 27.4 Å². The van der Waals surface area contributed by atoms with E-state index in [0.717, 1.165) is 22.8 Å². The van der Waals surface area contributed by atoms with Crippen molar-refractivity contribution in [3.63, 3.8) is 0 Å². The molecule has 0 amide bonds. The summed E-state index contributed by atoms with van der Waals surface area (Å²) in [5.41, 5.74) is 7.02. The lowest BCUT2D eigenvalue weighted by Crippen LogP contribution is -2.14. The standard InChI is InChI=1S/C19H20N6O2S/c1-12-5-3-4-6-15(12)10-28-19-24-23-18(25(19)20)22-21-13(2)14-7-8-16-17(9-14)27-11-26-16/h3-9H,10-11,20H2,1-2H3,(H,22,23)/b21-13+. The van der Waals surface area contributed by atoms with Gasteiger partial charge in [-0.1, -0.05) is 36.0 Å². The van der Waals surface area contributed by atoms with E-state index in [-0.39, 0.29) is 6.79 Å². The number of nitrogen functional groups attached to an aromatic ring is 1. The summed E-state index contributed by atoms with van der Waals surface area (Å²) < 4.78 is 12.1. The van der Waals surface area contributed by atoms with E-state index < -0.39 is 0 Å². The Balaban J connectivity index is 1.43. The molecule has 1 aromatic heterocycles. The summed E-state index contributed by atoms with van der Waals surface area (Å²) in [6, 6.07) is 13.9. The predicted molar refractivity (Wildman–Crippen MR) is 109 cm³/mol. The van der Waals surface area contributed by atoms with Gasteiger partial charge in [-0.2, -0.15) is 5.10 Å². The number of nitrogens with one attached hydrogen (secondary N) is 1. The number of hydrogen-bond acceptors (Lipinski definition) is 8. The van der Waals surface area contributed by atoms with Gasteiger partial charge in [0.1, 0.15) is 0 Å². The van der Waals surface area contributed by atoms with Crippen LogP contribution in [0.1, 0.15) is 23.6 Å². The third-order valence-corrected chi connectivity index (χ3v) is 5.39. The molecule has 3 N–H and O–H groups in total. The first-order chi connectivity index (χ1) is 13.6. The van der Waals surface area contributed by atoms with E-state index in [4.69, 9.17) is 15.3 Å². The molecule has 9 heteroatoms. The lowest BCUT2D eigenvalue weighted by molar-refractivity contribution is 0.174. The number of fused-ring (bicyclic) bond motifs is 1. The zero-order valence-corrected chi connectivity index (χ0v) is 16.4. The second-order valence-corrected chi connectivity index (χ2v) is 7.21. The fraction of sp³-hybridized carbons (Fsp3) is 0.211. The molecule has 0 saturated carbocycles. The Morgan fingerprint density at radius 1 is 1.21 bits per heavy atom. The molecule has 0 saturated heterocycles. The highest BCUT2D eigenvalue weighted by Gasteiger charge is 2.14. The Kier molecular flexibility index (Phi) is 5.07. The SMILES string of the molecule is C/C(=N\Nc1nnc(SCc2ccccc2C)n1N)c1ccc2c(c1)OCO2. The monoisotopic (exact) mass is 396 g/mol. The number of hydrogen-bond donors (Lipinski definition) is 2. The zero-order chi connectivity index (χ0) is 19.5. The number of aryl methyl sites for hydroxylation is 1. The minimum atomic E-state index is 0.243. The Bertz CT molecular complexity index is 1030. The van der Waals surface area contributed by atoms with Gasteiger partial charge in [-0.05, 0) is 43.2 Å². The van der Waals surface area contributed by atoms with E-state index >= 15 is 0 Å². The normalized spacial score (nSPS) is 13.0. The van der Waals surface area contributed by atoms with Crippen LogP contribution in [0.15, 0.2) is 52.7 Å². The van der Waals surface area contributed by atoms with Crippen LogP contribution in [0.4, 0.5) is 5.95 Å². The van der Waals surface area contributed by atoms with Crippen LogP contribution < -0.4 is 20.7 Å². The van der Waals surface area contributed by atoms with E-state index in [1.165, 1.54) is 27.6 Å². The maximum absolute atomic E-state index is 6.11. The molecule has 0 fully saturated rings. The Labute approximate surface area is 166 Å². The maximum Gasteiger partial charge on any atom is 0.264 e. The molecule has 0 atom stereocenters. The lowest BCUT2D eigenvalue weighted by Gasteiger charge is -2.06. The number of thioether (sulfide) groups is 1. The molecule has 1 aliphatic rings. The van der Waals surface area contributed by atoms with Gasteiger partial charge in [0.2, 0.25) is 11.9 Å². The van der Waals surface area contributed by atoms with Crippen molar-refractivity contribution in [1.29, 1.82) is 0 Å². The molecule has 0 bridgehead atoms. The molecule has 0 aliphatic carbocycles. The number of ether oxygens (including phenoxy) is 2. The van der Waals surface area contributed by atoms with Gasteiger partial charge in [-0.25, -0.2) is 10.1 Å². The smallest absolute Gasteiger partial charge is 0.264 e. The zero-order valence-electron chi connectivity index (χ0n) is 15.5. The first-order valence-corrected chi connectivity index (χ1v) is 9.68. The summed E-state index contributed by atoms with van der Waals surface area (Å²) in [7, 11) is 0. The van der Waals surface area contributed by atoms with Gasteiger partial charge in [0.15, 0.2) is 11.5 Å². The molecule has 3 aromatic rings. The van der Waals surface area contributed by atoms with Crippen molar-refractivity contribution in [2.45, 2.75) is 24.8 Å². The van der Waals surface area contributed by atoms with E-state index in [1.807, 2.05) is 37.3 Å². The molecule has 0 radical (unpaired) electrons. The van der Waals surface area contributed by atoms with Crippen LogP contribution >= 0.6 is 11.8 Å². The summed E-state index contributed by atoms with van der Waals surface area (Å²) in [5, 5.41) is 13.2. The van der Waals surface area contributed by atoms with Crippen LogP contribution in [0.25, 0.3) is 0 Å². The molecule has 2 aromatic carbocycles. The first-order valence-electron chi connectivity index (χ1n) is 8.70. The summed E-state index contributed by atoms with van der Waals surface area (Å²) in [4.78, 5) is 0. The number of anilines is 1.